The quantitative estimate of drug-likeness (QED) is 0.187. The highest BCUT2D eigenvalue weighted by molar-refractivity contribution is 7.92. The lowest BCUT2D eigenvalue weighted by molar-refractivity contribution is -0.140. The van der Waals surface area contributed by atoms with E-state index in [1.54, 1.807) is 29.2 Å². The molecule has 0 saturated heterocycles. The Bertz CT molecular complexity index is 1710. The Kier molecular flexibility index (Phi) is 11.2. The van der Waals surface area contributed by atoms with Crippen molar-refractivity contribution in [2.75, 3.05) is 10.8 Å². The van der Waals surface area contributed by atoms with Crippen molar-refractivity contribution in [3.63, 3.8) is 0 Å². The average molecular weight is 626 g/mol. The third kappa shape index (κ3) is 8.39. The summed E-state index contributed by atoms with van der Waals surface area (Å²) >= 11 is 0. The van der Waals surface area contributed by atoms with Crippen LogP contribution in [0.3, 0.4) is 0 Å². The van der Waals surface area contributed by atoms with Gasteiger partial charge in [0.2, 0.25) is 11.8 Å². The zero-order valence-electron chi connectivity index (χ0n) is 26.7. The minimum absolute atomic E-state index is 0.0820. The summed E-state index contributed by atoms with van der Waals surface area (Å²) in [4.78, 5) is 30.2. The Morgan fingerprint density at radius 3 is 2.04 bits per heavy atom. The highest BCUT2D eigenvalue weighted by atomic mass is 32.2. The van der Waals surface area contributed by atoms with Gasteiger partial charge in [-0.25, -0.2) is 8.42 Å². The fraction of sp³-hybridized carbons (Fsp3) is 0.297. The van der Waals surface area contributed by atoms with E-state index >= 15 is 0 Å². The maximum atomic E-state index is 14.6. The van der Waals surface area contributed by atoms with Crippen molar-refractivity contribution < 1.29 is 18.0 Å². The van der Waals surface area contributed by atoms with Crippen LogP contribution in [0, 0.1) is 20.8 Å². The topological polar surface area (TPSA) is 86.8 Å². The number of benzene rings is 4. The lowest BCUT2D eigenvalue weighted by Crippen LogP contribution is -2.54. The van der Waals surface area contributed by atoms with Crippen molar-refractivity contribution in [1.82, 2.24) is 10.2 Å². The second-order valence-electron chi connectivity index (χ2n) is 11.6. The molecule has 0 heterocycles. The highest BCUT2D eigenvalue weighted by Crippen LogP contribution is 2.28. The Morgan fingerprint density at radius 1 is 0.800 bits per heavy atom. The van der Waals surface area contributed by atoms with Crippen LogP contribution in [0.4, 0.5) is 5.69 Å². The first-order chi connectivity index (χ1) is 21.5. The van der Waals surface area contributed by atoms with Crippen LogP contribution in [0.25, 0.3) is 0 Å². The van der Waals surface area contributed by atoms with Gasteiger partial charge in [-0.1, -0.05) is 97.4 Å². The molecule has 0 spiro atoms. The smallest absolute Gasteiger partial charge is 0.264 e. The molecule has 45 heavy (non-hydrogen) atoms. The highest BCUT2D eigenvalue weighted by Gasteiger charge is 2.35. The van der Waals surface area contributed by atoms with E-state index in [2.05, 4.69) is 5.32 Å². The second kappa shape index (κ2) is 15.0. The third-order valence-corrected chi connectivity index (χ3v) is 9.88. The Balaban J connectivity index is 1.83. The molecule has 1 N–H and O–H groups in total. The molecule has 0 unspecified atom stereocenters. The molecule has 236 valence electrons. The molecule has 4 aromatic carbocycles. The summed E-state index contributed by atoms with van der Waals surface area (Å²) in [6.45, 7) is 9.32. The summed E-state index contributed by atoms with van der Waals surface area (Å²) in [5.74, 6) is -0.753. The predicted molar refractivity (Wildman–Crippen MR) is 180 cm³/mol. The van der Waals surface area contributed by atoms with E-state index in [-0.39, 0.29) is 29.8 Å². The number of nitrogens with one attached hydrogen (secondary N) is 1. The van der Waals surface area contributed by atoms with Gasteiger partial charge in [0, 0.05) is 19.0 Å². The van der Waals surface area contributed by atoms with Gasteiger partial charge in [-0.15, -0.1) is 0 Å². The van der Waals surface area contributed by atoms with E-state index in [0.29, 0.717) is 5.69 Å². The molecular weight excluding hydrogens is 582 g/mol. The van der Waals surface area contributed by atoms with Crippen LogP contribution in [0.5, 0.6) is 0 Å². The maximum Gasteiger partial charge on any atom is 0.264 e. The van der Waals surface area contributed by atoms with E-state index in [1.165, 1.54) is 16.4 Å². The van der Waals surface area contributed by atoms with Crippen LogP contribution in [0.15, 0.2) is 108 Å². The molecule has 2 amide bonds. The first-order valence-electron chi connectivity index (χ1n) is 15.3. The molecule has 4 rings (SSSR count). The van der Waals surface area contributed by atoms with Crippen molar-refractivity contribution in [3.8, 4) is 0 Å². The van der Waals surface area contributed by atoms with Gasteiger partial charge >= 0.3 is 0 Å². The van der Waals surface area contributed by atoms with Crippen molar-refractivity contribution in [2.24, 2.45) is 0 Å². The van der Waals surface area contributed by atoms with E-state index in [0.717, 1.165) is 34.2 Å². The fourth-order valence-electron chi connectivity index (χ4n) is 5.28. The number of carbonyl (C=O) groups excluding carboxylic acids is 2. The summed E-state index contributed by atoms with van der Waals surface area (Å²) < 4.78 is 29.6. The minimum atomic E-state index is -4.14. The van der Waals surface area contributed by atoms with Crippen molar-refractivity contribution in [1.29, 1.82) is 0 Å². The Hall–Kier alpha value is -4.43. The fourth-order valence-corrected chi connectivity index (χ4v) is 6.78. The molecule has 0 radical (unpaired) electrons. The number of anilines is 1. The summed E-state index contributed by atoms with van der Waals surface area (Å²) in [5.41, 5.74) is 4.86. The number of amides is 2. The zero-order chi connectivity index (χ0) is 32.6. The van der Waals surface area contributed by atoms with Crippen molar-refractivity contribution >= 4 is 27.5 Å². The molecule has 8 heteroatoms. The van der Waals surface area contributed by atoms with Gasteiger partial charge in [0.15, 0.2) is 0 Å². The van der Waals surface area contributed by atoms with Crippen molar-refractivity contribution in [2.45, 2.75) is 71.0 Å². The second-order valence-corrected chi connectivity index (χ2v) is 13.4. The number of nitrogens with zero attached hydrogens (tertiary/aromatic N) is 2. The van der Waals surface area contributed by atoms with Crippen LogP contribution in [0.2, 0.25) is 0 Å². The summed E-state index contributed by atoms with van der Waals surface area (Å²) in [6.07, 6.45) is 1.00. The van der Waals surface area contributed by atoms with E-state index in [1.807, 2.05) is 101 Å². The van der Waals surface area contributed by atoms with Crippen molar-refractivity contribution in [3.05, 3.63) is 131 Å². The molecule has 2 atom stereocenters. The number of carbonyl (C=O) groups is 2. The molecule has 0 saturated carbocycles. The standard InChI is InChI=1S/C37H43N3O4S/c1-6-30(5)38-37(42)35(24-31-16-9-7-10-17-31)39(25-32-18-14-13-15-28(32)3)36(41)26-40(34-22-21-27(2)23-29(34)4)45(43,44)33-19-11-8-12-20-33/h7-23,30,35H,6,24-26H2,1-5H3,(H,38,42)/t30-,35-/m0/s1. The first-order valence-corrected chi connectivity index (χ1v) is 16.8. The van der Waals surface area contributed by atoms with Gasteiger partial charge in [-0.2, -0.15) is 0 Å². The number of hydrogen-bond donors (Lipinski definition) is 1. The lowest BCUT2D eigenvalue weighted by Gasteiger charge is -2.35. The largest absolute Gasteiger partial charge is 0.352 e. The number of rotatable bonds is 13. The first kappa shape index (κ1) is 33.5. The minimum Gasteiger partial charge on any atom is -0.352 e. The van der Waals surface area contributed by atoms with E-state index in [4.69, 9.17) is 0 Å². The SMILES string of the molecule is CC[C@H](C)NC(=O)[C@H](Cc1ccccc1)N(Cc1ccccc1C)C(=O)CN(c1ccc(C)cc1C)S(=O)(=O)c1ccccc1. The summed E-state index contributed by atoms with van der Waals surface area (Å²) in [6, 6.07) is 29.9. The van der Waals surface area contributed by atoms with Gasteiger partial charge in [0.25, 0.3) is 10.0 Å². The average Bonchev–Trinajstić information content (AvgIpc) is 3.03. The molecule has 0 fully saturated rings. The van der Waals surface area contributed by atoms with E-state index < -0.39 is 28.5 Å². The molecule has 0 aliphatic rings. The summed E-state index contributed by atoms with van der Waals surface area (Å²) in [5, 5.41) is 3.08. The molecule has 0 aliphatic heterocycles. The summed E-state index contributed by atoms with van der Waals surface area (Å²) in [7, 11) is -4.14. The normalized spacial score (nSPS) is 12.6. The van der Waals surface area contributed by atoms with Crippen LogP contribution < -0.4 is 9.62 Å². The molecule has 7 nitrogen and oxygen atoms in total. The molecule has 0 bridgehead atoms. The monoisotopic (exact) mass is 625 g/mol. The van der Waals surface area contributed by atoms with Crippen LogP contribution in [-0.4, -0.2) is 43.8 Å². The van der Waals surface area contributed by atoms with Gasteiger partial charge in [0.05, 0.1) is 10.6 Å². The molecule has 4 aromatic rings. The Morgan fingerprint density at radius 2 is 1.42 bits per heavy atom. The van der Waals surface area contributed by atoms with Crippen LogP contribution >= 0.6 is 0 Å². The predicted octanol–water partition coefficient (Wildman–Crippen LogP) is 6.36. The van der Waals surface area contributed by atoms with Gasteiger partial charge in [-0.05, 0) is 74.6 Å². The number of sulfonamides is 1. The van der Waals surface area contributed by atoms with Crippen LogP contribution in [-0.2, 0) is 32.6 Å². The number of aryl methyl sites for hydroxylation is 3. The molecular formula is C37H43N3O4S. The number of hydrogen-bond acceptors (Lipinski definition) is 4. The van der Waals surface area contributed by atoms with E-state index in [9.17, 15) is 18.0 Å². The van der Waals surface area contributed by atoms with Gasteiger partial charge in [-0.3, -0.25) is 13.9 Å². The molecule has 0 aromatic heterocycles. The van der Waals surface area contributed by atoms with Crippen LogP contribution in [0.1, 0.15) is 48.1 Å². The zero-order valence-corrected chi connectivity index (χ0v) is 27.6. The van der Waals surface area contributed by atoms with Gasteiger partial charge in [0.1, 0.15) is 12.6 Å². The Labute approximate surface area is 268 Å². The third-order valence-electron chi connectivity index (χ3n) is 8.11. The maximum absolute atomic E-state index is 14.6. The molecule has 0 aliphatic carbocycles. The van der Waals surface area contributed by atoms with Gasteiger partial charge < -0.3 is 10.2 Å². The lowest BCUT2D eigenvalue weighted by atomic mass is 10.0.